The molecule has 0 amide bonds. The highest BCUT2D eigenvalue weighted by molar-refractivity contribution is 7.41. The molecule has 1 heterocycles. The maximum Gasteiger partial charge on any atom is 0.196 e. The minimum Gasteiger partial charge on any atom is -0.324 e. The van der Waals surface area contributed by atoms with Crippen LogP contribution in [-0.4, -0.2) is 18.7 Å². The molecule has 0 spiro atoms. The van der Waals surface area contributed by atoms with E-state index in [-0.39, 0.29) is 5.60 Å². The van der Waals surface area contributed by atoms with Gasteiger partial charge in [-0.1, -0.05) is 0 Å². The Balaban J connectivity index is 2.25. The minimum absolute atomic E-state index is 0.292. The monoisotopic (exact) mass is 218 g/mol. The van der Waals surface area contributed by atoms with Gasteiger partial charge in [0, 0.05) is 6.16 Å². The first-order valence-electron chi connectivity index (χ1n) is 5.26. The third-order valence-electron chi connectivity index (χ3n) is 2.16. The molecule has 0 saturated carbocycles. The Morgan fingerprint density at radius 1 is 1.36 bits per heavy atom. The lowest BCUT2D eigenvalue weighted by Crippen LogP contribution is -2.27. The Kier molecular flexibility index (Phi) is 4.62. The van der Waals surface area contributed by atoms with Crippen LogP contribution in [0.15, 0.2) is 0 Å². The molecular weight excluding hydrogens is 197 g/mol. The van der Waals surface area contributed by atoms with Crippen LogP contribution < -0.4 is 5.32 Å². The van der Waals surface area contributed by atoms with E-state index in [1.165, 1.54) is 0 Å². The van der Waals surface area contributed by atoms with E-state index in [1.807, 2.05) is 26.9 Å². The van der Waals surface area contributed by atoms with E-state index in [2.05, 4.69) is 5.32 Å². The van der Waals surface area contributed by atoms with Crippen molar-refractivity contribution in [3.05, 3.63) is 6.16 Å². The Morgan fingerprint density at radius 2 is 1.93 bits per heavy atom. The Bertz CT molecular complexity index is 195. The summed E-state index contributed by atoms with van der Waals surface area (Å²) in [5, 5.41) is 3.28. The molecule has 14 heavy (non-hydrogen) atoms. The number of piperidine rings is 1. The van der Waals surface area contributed by atoms with Crippen LogP contribution in [0.2, 0.25) is 0 Å². The summed E-state index contributed by atoms with van der Waals surface area (Å²) in [5.41, 5.74) is -0.292. The molecular formula is C10H21NO2P. The van der Waals surface area contributed by atoms with Gasteiger partial charge in [-0.3, -0.25) is 4.57 Å². The van der Waals surface area contributed by atoms with E-state index in [0.717, 1.165) is 25.9 Å². The largest absolute Gasteiger partial charge is 0.324 e. The summed E-state index contributed by atoms with van der Waals surface area (Å²) < 4.78 is 17.0. The second kappa shape index (κ2) is 5.29. The van der Waals surface area contributed by atoms with E-state index in [4.69, 9.17) is 4.52 Å². The highest BCUT2D eigenvalue weighted by atomic mass is 31.1. The van der Waals surface area contributed by atoms with Crippen LogP contribution in [0.3, 0.4) is 0 Å². The Labute approximate surface area is 87.5 Å². The summed E-state index contributed by atoms with van der Waals surface area (Å²) >= 11 is 0. The van der Waals surface area contributed by atoms with Crippen molar-refractivity contribution in [1.82, 2.24) is 5.32 Å². The van der Waals surface area contributed by atoms with Gasteiger partial charge in [-0.25, -0.2) is 0 Å². The lowest BCUT2D eigenvalue weighted by Gasteiger charge is -2.24. The van der Waals surface area contributed by atoms with Gasteiger partial charge in [0.15, 0.2) is 8.03 Å². The van der Waals surface area contributed by atoms with Gasteiger partial charge in [-0.15, -0.1) is 0 Å². The fraction of sp³-hybridized carbons (Fsp3) is 0.900. The molecule has 1 N–H and O–H groups in total. The molecule has 0 bridgehead atoms. The van der Waals surface area contributed by atoms with Crippen molar-refractivity contribution >= 4 is 8.03 Å². The van der Waals surface area contributed by atoms with Crippen LogP contribution in [-0.2, 0) is 9.09 Å². The first kappa shape index (κ1) is 12.2. The first-order valence-corrected chi connectivity index (χ1v) is 6.65. The fourth-order valence-electron chi connectivity index (χ4n) is 1.54. The summed E-state index contributed by atoms with van der Waals surface area (Å²) in [4.78, 5) is 0. The van der Waals surface area contributed by atoms with E-state index in [1.54, 1.807) is 0 Å². The van der Waals surface area contributed by atoms with Gasteiger partial charge in [0.25, 0.3) is 0 Å². The SMILES string of the molecule is CC(C)(C)O[PH](=O)[CH]C1CCNCC1. The van der Waals surface area contributed by atoms with E-state index in [9.17, 15) is 4.57 Å². The summed E-state index contributed by atoms with van der Waals surface area (Å²) in [6.45, 7) is 7.88. The highest BCUT2D eigenvalue weighted by Crippen LogP contribution is 2.38. The van der Waals surface area contributed by atoms with Gasteiger partial charge in [-0.05, 0) is 52.6 Å². The van der Waals surface area contributed by atoms with E-state index >= 15 is 0 Å². The van der Waals surface area contributed by atoms with Crippen molar-refractivity contribution < 1.29 is 9.09 Å². The molecule has 1 aliphatic heterocycles. The average molecular weight is 218 g/mol. The molecule has 1 rings (SSSR count). The van der Waals surface area contributed by atoms with Crippen LogP contribution in [0.1, 0.15) is 33.6 Å². The summed E-state index contributed by atoms with van der Waals surface area (Å²) in [5.74, 6) is 0.477. The summed E-state index contributed by atoms with van der Waals surface area (Å²) in [6, 6.07) is 0. The number of nitrogens with one attached hydrogen (secondary N) is 1. The lowest BCUT2D eigenvalue weighted by molar-refractivity contribution is 0.143. The topological polar surface area (TPSA) is 38.3 Å². The van der Waals surface area contributed by atoms with Crippen molar-refractivity contribution in [2.45, 2.75) is 39.2 Å². The van der Waals surface area contributed by atoms with Gasteiger partial charge < -0.3 is 9.84 Å². The molecule has 0 aromatic carbocycles. The third kappa shape index (κ3) is 5.14. The molecule has 1 atom stereocenters. The molecule has 4 heteroatoms. The molecule has 1 unspecified atom stereocenters. The van der Waals surface area contributed by atoms with Crippen LogP contribution >= 0.6 is 8.03 Å². The van der Waals surface area contributed by atoms with Gasteiger partial charge in [0.1, 0.15) is 0 Å². The van der Waals surface area contributed by atoms with Crippen LogP contribution in [0.25, 0.3) is 0 Å². The molecule has 1 radical (unpaired) electrons. The zero-order valence-corrected chi connectivity index (χ0v) is 10.3. The predicted octanol–water partition coefficient (Wildman–Crippen LogP) is 2.44. The summed E-state index contributed by atoms with van der Waals surface area (Å²) in [7, 11) is -1.95. The fourth-order valence-corrected chi connectivity index (χ4v) is 2.93. The van der Waals surface area contributed by atoms with Crippen LogP contribution in [0.4, 0.5) is 0 Å². The van der Waals surface area contributed by atoms with Crippen molar-refractivity contribution in [3.63, 3.8) is 0 Å². The predicted molar refractivity (Wildman–Crippen MR) is 59.7 cm³/mol. The molecule has 3 nitrogen and oxygen atoms in total. The smallest absolute Gasteiger partial charge is 0.196 e. The number of rotatable bonds is 3. The summed E-state index contributed by atoms with van der Waals surface area (Å²) in [6.07, 6.45) is 4.09. The van der Waals surface area contributed by atoms with Crippen molar-refractivity contribution in [2.24, 2.45) is 5.92 Å². The molecule has 1 aliphatic rings. The molecule has 0 aromatic heterocycles. The second-order valence-corrected chi connectivity index (χ2v) is 5.96. The van der Waals surface area contributed by atoms with Gasteiger partial charge in [0.2, 0.25) is 0 Å². The van der Waals surface area contributed by atoms with Crippen molar-refractivity contribution in [2.75, 3.05) is 13.1 Å². The van der Waals surface area contributed by atoms with Crippen LogP contribution in [0.5, 0.6) is 0 Å². The molecule has 0 aromatic rings. The van der Waals surface area contributed by atoms with Crippen molar-refractivity contribution in [3.8, 4) is 0 Å². The molecule has 83 valence electrons. The van der Waals surface area contributed by atoms with Gasteiger partial charge in [-0.2, -0.15) is 0 Å². The molecule has 1 saturated heterocycles. The molecule has 0 aliphatic carbocycles. The number of hydrogen-bond acceptors (Lipinski definition) is 3. The van der Waals surface area contributed by atoms with Gasteiger partial charge >= 0.3 is 0 Å². The zero-order chi connectivity index (χ0) is 10.6. The zero-order valence-electron chi connectivity index (χ0n) is 9.30. The lowest BCUT2D eigenvalue weighted by atomic mass is 10.0. The average Bonchev–Trinajstić information content (AvgIpc) is 2.02. The highest BCUT2D eigenvalue weighted by Gasteiger charge is 2.20. The molecule has 1 fully saturated rings. The number of hydrogen-bond donors (Lipinski definition) is 1. The third-order valence-corrected chi connectivity index (χ3v) is 3.72. The van der Waals surface area contributed by atoms with E-state index in [0.29, 0.717) is 5.92 Å². The Hall–Kier alpha value is 0.150. The maximum atomic E-state index is 11.6. The van der Waals surface area contributed by atoms with Crippen molar-refractivity contribution in [1.29, 1.82) is 0 Å². The Morgan fingerprint density at radius 3 is 2.43 bits per heavy atom. The second-order valence-electron chi connectivity index (χ2n) is 4.79. The standard InChI is InChI=1S/C10H21NO2P/c1-10(2,3)13-14(12)8-9-4-6-11-7-5-9/h8-9,11,14H,4-7H2,1-3H3. The van der Waals surface area contributed by atoms with E-state index < -0.39 is 8.03 Å². The maximum absolute atomic E-state index is 11.6. The van der Waals surface area contributed by atoms with Crippen LogP contribution in [0, 0.1) is 12.1 Å². The quantitative estimate of drug-likeness (QED) is 0.739. The minimum atomic E-state index is -1.95. The normalized spacial score (nSPS) is 22.2. The first-order chi connectivity index (χ1) is 6.47. The van der Waals surface area contributed by atoms with Gasteiger partial charge in [0.05, 0.1) is 5.60 Å².